The number of unbranched alkanes of at least 4 members (excludes halogenated alkanes) is 3. The third kappa shape index (κ3) is 5.44. The number of carbonyl (C=O) groups is 1. The summed E-state index contributed by atoms with van der Waals surface area (Å²) in [6.07, 6.45) is 5.22. The van der Waals surface area contributed by atoms with Crippen molar-refractivity contribution < 1.29 is 14.6 Å². The molecule has 0 saturated heterocycles. The molecule has 0 bridgehead atoms. The fraction of sp³-hybridized carbons (Fsp3) is 0.350. The van der Waals surface area contributed by atoms with Crippen LogP contribution in [0.2, 0.25) is 0 Å². The molecule has 0 spiro atoms. The highest BCUT2D eigenvalue weighted by Crippen LogP contribution is 2.21. The molecule has 2 aromatic carbocycles. The van der Waals surface area contributed by atoms with Gasteiger partial charge in [-0.25, -0.2) is 4.79 Å². The molecule has 23 heavy (non-hydrogen) atoms. The maximum Gasteiger partial charge on any atom is 0.335 e. The van der Waals surface area contributed by atoms with Gasteiger partial charge in [0.1, 0.15) is 5.75 Å². The first kappa shape index (κ1) is 17.1. The Labute approximate surface area is 137 Å². The zero-order chi connectivity index (χ0) is 16.5. The monoisotopic (exact) mass is 312 g/mol. The predicted molar refractivity (Wildman–Crippen MR) is 92.3 cm³/mol. The van der Waals surface area contributed by atoms with Crippen LogP contribution >= 0.6 is 0 Å². The van der Waals surface area contributed by atoms with Gasteiger partial charge in [0.25, 0.3) is 0 Å². The Morgan fingerprint density at radius 3 is 2.52 bits per heavy atom. The van der Waals surface area contributed by atoms with E-state index in [1.54, 1.807) is 12.1 Å². The average Bonchev–Trinajstić information content (AvgIpc) is 2.55. The Balaban J connectivity index is 2.07. The largest absolute Gasteiger partial charge is 0.494 e. The topological polar surface area (TPSA) is 46.5 Å². The summed E-state index contributed by atoms with van der Waals surface area (Å²) in [5.41, 5.74) is 2.22. The van der Waals surface area contributed by atoms with Crippen LogP contribution in [0.1, 0.15) is 54.1 Å². The van der Waals surface area contributed by atoms with E-state index in [2.05, 4.69) is 6.92 Å². The molecule has 0 fully saturated rings. The minimum atomic E-state index is -0.898. The number of carboxylic acid groups (broad SMARTS) is 1. The van der Waals surface area contributed by atoms with Gasteiger partial charge in [-0.05, 0) is 42.2 Å². The fourth-order valence-corrected chi connectivity index (χ4v) is 2.55. The molecule has 0 aliphatic heterocycles. The van der Waals surface area contributed by atoms with Crippen molar-refractivity contribution in [1.29, 1.82) is 0 Å². The maximum absolute atomic E-state index is 11.4. The lowest BCUT2D eigenvalue weighted by Gasteiger charge is -2.11. The quantitative estimate of drug-likeness (QED) is 0.667. The molecule has 1 N–H and O–H groups in total. The van der Waals surface area contributed by atoms with Gasteiger partial charge in [0, 0.05) is 0 Å². The van der Waals surface area contributed by atoms with Crippen molar-refractivity contribution in [3.63, 3.8) is 0 Å². The molecule has 0 radical (unpaired) electrons. The number of ether oxygens (including phenoxy) is 1. The molecule has 122 valence electrons. The minimum Gasteiger partial charge on any atom is -0.494 e. The summed E-state index contributed by atoms with van der Waals surface area (Å²) in [5, 5.41) is 9.37. The SMILES string of the molecule is CCCCCCOc1ccc(C(=O)O)c(Cc2ccccc2)c1. The summed E-state index contributed by atoms with van der Waals surface area (Å²) in [4.78, 5) is 11.4. The summed E-state index contributed by atoms with van der Waals surface area (Å²) in [7, 11) is 0. The van der Waals surface area contributed by atoms with Crippen LogP contribution in [0.25, 0.3) is 0 Å². The molecule has 0 atom stereocenters. The van der Waals surface area contributed by atoms with Crippen molar-refractivity contribution >= 4 is 5.97 Å². The van der Waals surface area contributed by atoms with Gasteiger partial charge in [-0.1, -0.05) is 56.5 Å². The molecular weight excluding hydrogens is 288 g/mol. The van der Waals surface area contributed by atoms with E-state index < -0.39 is 5.97 Å². The Kier molecular flexibility index (Phi) is 6.67. The summed E-state index contributed by atoms with van der Waals surface area (Å²) in [5.74, 6) is -0.150. The van der Waals surface area contributed by atoms with Gasteiger partial charge in [0.2, 0.25) is 0 Å². The predicted octanol–water partition coefficient (Wildman–Crippen LogP) is 4.93. The van der Waals surface area contributed by atoms with Gasteiger partial charge in [-0.3, -0.25) is 0 Å². The Morgan fingerprint density at radius 1 is 1.04 bits per heavy atom. The minimum absolute atomic E-state index is 0.340. The Hall–Kier alpha value is -2.29. The van der Waals surface area contributed by atoms with Crippen molar-refractivity contribution in [3.8, 4) is 5.75 Å². The lowest BCUT2D eigenvalue weighted by molar-refractivity contribution is 0.0696. The average molecular weight is 312 g/mol. The molecule has 0 saturated carbocycles. The van der Waals surface area contributed by atoms with Gasteiger partial charge in [-0.15, -0.1) is 0 Å². The number of carboxylic acids is 1. The second-order valence-corrected chi connectivity index (χ2v) is 5.70. The number of aromatic carboxylic acids is 1. The molecule has 2 rings (SSSR count). The molecular formula is C20H24O3. The van der Waals surface area contributed by atoms with E-state index in [1.807, 2.05) is 36.4 Å². The van der Waals surface area contributed by atoms with Crippen LogP contribution in [0.5, 0.6) is 5.75 Å². The first-order valence-electron chi connectivity index (χ1n) is 8.23. The van der Waals surface area contributed by atoms with Gasteiger partial charge >= 0.3 is 5.97 Å². The lowest BCUT2D eigenvalue weighted by Crippen LogP contribution is -2.05. The van der Waals surface area contributed by atoms with Crippen molar-refractivity contribution in [2.75, 3.05) is 6.61 Å². The smallest absolute Gasteiger partial charge is 0.335 e. The molecule has 0 aromatic heterocycles. The van der Waals surface area contributed by atoms with Crippen LogP contribution in [-0.2, 0) is 6.42 Å². The lowest BCUT2D eigenvalue weighted by atomic mass is 9.99. The third-order valence-electron chi connectivity index (χ3n) is 3.81. The summed E-state index contributed by atoms with van der Waals surface area (Å²) in [6.45, 7) is 2.86. The van der Waals surface area contributed by atoms with Gasteiger partial charge in [-0.2, -0.15) is 0 Å². The third-order valence-corrected chi connectivity index (χ3v) is 3.81. The van der Waals surface area contributed by atoms with E-state index in [4.69, 9.17) is 4.74 Å². The Morgan fingerprint density at radius 2 is 1.83 bits per heavy atom. The van der Waals surface area contributed by atoms with Crippen LogP contribution in [0.4, 0.5) is 0 Å². The molecule has 0 unspecified atom stereocenters. The fourth-order valence-electron chi connectivity index (χ4n) is 2.55. The molecule has 2 aromatic rings. The van der Waals surface area contributed by atoms with Crippen molar-refractivity contribution in [2.45, 2.75) is 39.0 Å². The number of hydrogen-bond acceptors (Lipinski definition) is 2. The van der Waals surface area contributed by atoms with Crippen LogP contribution < -0.4 is 4.74 Å². The van der Waals surface area contributed by atoms with Crippen LogP contribution in [0, 0.1) is 0 Å². The van der Waals surface area contributed by atoms with Gasteiger partial charge in [0.05, 0.1) is 12.2 Å². The highest BCUT2D eigenvalue weighted by Gasteiger charge is 2.12. The first-order chi connectivity index (χ1) is 11.2. The molecule has 0 aliphatic rings. The highest BCUT2D eigenvalue weighted by atomic mass is 16.5. The van der Waals surface area contributed by atoms with E-state index >= 15 is 0 Å². The summed E-state index contributed by atoms with van der Waals surface area (Å²) < 4.78 is 5.77. The van der Waals surface area contributed by atoms with Crippen molar-refractivity contribution in [1.82, 2.24) is 0 Å². The zero-order valence-corrected chi connectivity index (χ0v) is 13.6. The van der Waals surface area contributed by atoms with E-state index in [9.17, 15) is 9.90 Å². The van der Waals surface area contributed by atoms with Gasteiger partial charge < -0.3 is 9.84 Å². The molecule has 3 nitrogen and oxygen atoms in total. The number of hydrogen-bond donors (Lipinski definition) is 1. The second-order valence-electron chi connectivity index (χ2n) is 5.70. The van der Waals surface area contributed by atoms with E-state index in [0.717, 1.165) is 23.3 Å². The summed E-state index contributed by atoms with van der Waals surface area (Å²) in [6, 6.07) is 15.1. The van der Waals surface area contributed by atoms with E-state index in [-0.39, 0.29) is 0 Å². The second kappa shape index (κ2) is 8.99. The first-order valence-corrected chi connectivity index (χ1v) is 8.23. The normalized spacial score (nSPS) is 10.5. The molecule has 0 heterocycles. The van der Waals surface area contributed by atoms with Gasteiger partial charge in [0.15, 0.2) is 0 Å². The van der Waals surface area contributed by atoms with E-state index in [1.165, 1.54) is 19.3 Å². The number of rotatable bonds is 9. The van der Waals surface area contributed by atoms with Crippen molar-refractivity contribution in [2.24, 2.45) is 0 Å². The number of benzene rings is 2. The van der Waals surface area contributed by atoms with Crippen LogP contribution in [-0.4, -0.2) is 17.7 Å². The highest BCUT2D eigenvalue weighted by molar-refractivity contribution is 5.89. The summed E-state index contributed by atoms with van der Waals surface area (Å²) >= 11 is 0. The zero-order valence-electron chi connectivity index (χ0n) is 13.6. The maximum atomic E-state index is 11.4. The molecule has 0 amide bonds. The van der Waals surface area contributed by atoms with E-state index in [0.29, 0.717) is 18.6 Å². The molecule has 0 aliphatic carbocycles. The van der Waals surface area contributed by atoms with Crippen molar-refractivity contribution in [3.05, 3.63) is 65.2 Å². The molecule has 3 heteroatoms. The van der Waals surface area contributed by atoms with Crippen LogP contribution in [0.3, 0.4) is 0 Å². The van der Waals surface area contributed by atoms with Crippen LogP contribution in [0.15, 0.2) is 48.5 Å². The standard InChI is InChI=1S/C20H24O3/c1-2-3-4-8-13-23-18-11-12-19(20(21)22)17(15-18)14-16-9-6-5-7-10-16/h5-7,9-12,15H,2-4,8,13-14H2,1H3,(H,21,22). The Bertz CT molecular complexity index is 620.